The number of ether oxygens (including phenoxy) is 1. The van der Waals surface area contributed by atoms with Gasteiger partial charge in [-0.1, -0.05) is 25.0 Å². The molecular weight excluding hydrogens is 254 g/mol. The van der Waals surface area contributed by atoms with Gasteiger partial charge in [0, 0.05) is 5.56 Å². The van der Waals surface area contributed by atoms with Crippen molar-refractivity contribution >= 4 is 11.9 Å². The zero-order chi connectivity index (χ0) is 14.4. The second kappa shape index (κ2) is 7.08. The summed E-state index contributed by atoms with van der Waals surface area (Å²) in [4.78, 5) is 23.0. The molecule has 0 aliphatic heterocycles. The van der Waals surface area contributed by atoms with Gasteiger partial charge in [0.1, 0.15) is 6.54 Å². The molecule has 1 aliphatic rings. The molecule has 1 aromatic carbocycles. The molecule has 1 aromatic rings. The second-order valence-electron chi connectivity index (χ2n) is 5.09. The first-order chi connectivity index (χ1) is 9.70. The SMILES string of the molecule is CCOC(=O)CNC(=O)c1ccc(C2CCCC2)cc1. The molecule has 1 fully saturated rings. The van der Waals surface area contributed by atoms with E-state index in [9.17, 15) is 9.59 Å². The van der Waals surface area contributed by atoms with Crippen LogP contribution in [0.1, 0.15) is 54.4 Å². The largest absolute Gasteiger partial charge is 0.465 e. The summed E-state index contributed by atoms with van der Waals surface area (Å²) in [5, 5.41) is 2.56. The molecule has 0 aromatic heterocycles. The molecule has 20 heavy (non-hydrogen) atoms. The van der Waals surface area contributed by atoms with Crippen molar-refractivity contribution in [3.8, 4) is 0 Å². The Labute approximate surface area is 119 Å². The zero-order valence-corrected chi connectivity index (χ0v) is 11.9. The van der Waals surface area contributed by atoms with Gasteiger partial charge in [-0.05, 0) is 43.4 Å². The summed E-state index contributed by atoms with van der Waals surface area (Å²) >= 11 is 0. The van der Waals surface area contributed by atoms with Crippen LogP contribution in [0.5, 0.6) is 0 Å². The van der Waals surface area contributed by atoms with Crippen molar-refractivity contribution in [1.82, 2.24) is 5.32 Å². The normalized spacial score (nSPS) is 15.1. The summed E-state index contributed by atoms with van der Waals surface area (Å²) in [5.74, 6) is -0.00825. The van der Waals surface area contributed by atoms with Gasteiger partial charge in [0.15, 0.2) is 0 Å². The van der Waals surface area contributed by atoms with Crippen LogP contribution in [0.15, 0.2) is 24.3 Å². The first-order valence-electron chi connectivity index (χ1n) is 7.24. The lowest BCUT2D eigenvalue weighted by Crippen LogP contribution is -2.30. The molecule has 0 unspecified atom stereocenters. The topological polar surface area (TPSA) is 55.4 Å². The van der Waals surface area contributed by atoms with E-state index < -0.39 is 5.97 Å². The summed E-state index contributed by atoms with van der Waals surface area (Å²) in [7, 11) is 0. The van der Waals surface area contributed by atoms with Crippen molar-refractivity contribution in [3.63, 3.8) is 0 Å². The number of hydrogen-bond acceptors (Lipinski definition) is 3. The monoisotopic (exact) mass is 275 g/mol. The Morgan fingerprint density at radius 3 is 2.45 bits per heavy atom. The van der Waals surface area contributed by atoms with E-state index in [2.05, 4.69) is 5.32 Å². The molecule has 1 saturated carbocycles. The summed E-state index contributed by atoms with van der Waals surface area (Å²) in [6.07, 6.45) is 5.09. The number of benzene rings is 1. The minimum absolute atomic E-state index is 0.0863. The van der Waals surface area contributed by atoms with Crippen LogP contribution in [0.4, 0.5) is 0 Å². The number of hydrogen-bond donors (Lipinski definition) is 1. The molecule has 0 atom stereocenters. The van der Waals surface area contributed by atoms with E-state index in [1.807, 2.05) is 24.3 Å². The molecular formula is C16H21NO3. The van der Waals surface area contributed by atoms with Crippen LogP contribution in [0.2, 0.25) is 0 Å². The fourth-order valence-corrected chi connectivity index (χ4v) is 2.63. The summed E-state index contributed by atoms with van der Waals surface area (Å²) in [6.45, 7) is 1.98. The highest BCUT2D eigenvalue weighted by molar-refractivity contribution is 5.95. The van der Waals surface area contributed by atoms with Gasteiger partial charge < -0.3 is 10.1 Å². The third kappa shape index (κ3) is 3.83. The minimum Gasteiger partial charge on any atom is -0.465 e. The molecule has 2 rings (SSSR count). The van der Waals surface area contributed by atoms with Crippen molar-refractivity contribution in [2.45, 2.75) is 38.5 Å². The van der Waals surface area contributed by atoms with Gasteiger partial charge in [-0.3, -0.25) is 9.59 Å². The van der Waals surface area contributed by atoms with Crippen LogP contribution >= 0.6 is 0 Å². The standard InChI is InChI=1S/C16H21NO3/c1-2-20-15(18)11-17-16(19)14-9-7-13(8-10-14)12-5-3-4-6-12/h7-10,12H,2-6,11H2,1H3,(H,17,19). The Bertz CT molecular complexity index is 461. The summed E-state index contributed by atoms with van der Waals surface area (Å²) < 4.78 is 4.76. The quantitative estimate of drug-likeness (QED) is 0.840. The smallest absolute Gasteiger partial charge is 0.325 e. The van der Waals surface area contributed by atoms with Gasteiger partial charge in [0.05, 0.1) is 6.61 Å². The average Bonchev–Trinajstić information content (AvgIpc) is 2.99. The molecule has 0 radical (unpaired) electrons. The molecule has 1 N–H and O–H groups in total. The number of carbonyl (C=O) groups excluding carboxylic acids is 2. The average molecular weight is 275 g/mol. The van der Waals surface area contributed by atoms with Crippen LogP contribution in [0.25, 0.3) is 0 Å². The molecule has 0 spiro atoms. The van der Waals surface area contributed by atoms with Crippen LogP contribution in [0.3, 0.4) is 0 Å². The number of rotatable bonds is 5. The Morgan fingerprint density at radius 2 is 1.85 bits per heavy atom. The Kier molecular flexibility index (Phi) is 5.16. The third-order valence-electron chi connectivity index (χ3n) is 3.70. The fourth-order valence-electron chi connectivity index (χ4n) is 2.63. The highest BCUT2D eigenvalue weighted by Gasteiger charge is 2.17. The van der Waals surface area contributed by atoms with Crippen molar-refractivity contribution in [2.24, 2.45) is 0 Å². The maximum absolute atomic E-state index is 11.9. The predicted octanol–water partition coefficient (Wildman–Crippen LogP) is 2.64. The van der Waals surface area contributed by atoms with Crippen molar-refractivity contribution in [2.75, 3.05) is 13.2 Å². The van der Waals surface area contributed by atoms with Gasteiger partial charge >= 0.3 is 5.97 Å². The molecule has 1 aliphatic carbocycles. The van der Waals surface area contributed by atoms with Crippen LogP contribution < -0.4 is 5.32 Å². The first-order valence-corrected chi connectivity index (χ1v) is 7.24. The number of amides is 1. The summed E-state index contributed by atoms with van der Waals surface area (Å²) in [5.41, 5.74) is 1.89. The van der Waals surface area contributed by atoms with Gasteiger partial charge in [0.25, 0.3) is 5.91 Å². The molecule has 1 amide bonds. The van der Waals surface area contributed by atoms with Crippen LogP contribution in [-0.4, -0.2) is 25.0 Å². The van der Waals surface area contributed by atoms with E-state index in [1.54, 1.807) is 6.92 Å². The minimum atomic E-state index is -0.413. The number of nitrogens with one attached hydrogen (secondary N) is 1. The highest BCUT2D eigenvalue weighted by Crippen LogP contribution is 2.33. The van der Waals surface area contributed by atoms with E-state index in [4.69, 9.17) is 4.74 Å². The van der Waals surface area contributed by atoms with E-state index >= 15 is 0 Å². The summed E-state index contributed by atoms with van der Waals surface area (Å²) in [6, 6.07) is 7.70. The Balaban J connectivity index is 1.88. The lowest BCUT2D eigenvalue weighted by molar-refractivity contribution is -0.141. The lowest BCUT2D eigenvalue weighted by Gasteiger charge is -2.10. The van der Waals surface area contributed by atoms with E-state index in [0.29, 0.717) is 18.1 Å². The predicted molar refractivity (Wildman–Crippen MR) is 76.6 cm³/mol. The van der Waals surface area contributed by atoms with Crippen molar-refractivity contribution < 1.29 is 14.3 Å². The Hall–Kier alpha value is -1.84. The maximum Gasteiger partial charge on any atom is 0.325 e. The van der Waals surface area contributed by atoms with Crippen molar-refractivity contribution in [1.29, 1.82) is 0 Å². The maximum atomic E-state index is 11.9. The molecule has 0 bridgehead atoms. The molecule has 4 nitrogen and oxygen atoms in total. The second-order valence-corrected chi connectivity index (χ2v) is 5.09. The zero-order valence-electron chi connectivity index (χ0n) is 11.9. The van der Waals surface area contributed by atoms with Gasteiger partial charge in [-0.25, -0.2) is 0 Å². The van der Waals surface area contributed by atoms with E-state index in [-0.39, 0.29) is 12.5 Å². The number of carbonyl (C=O) groups is 2. The highest BCUT2D eigenvalue weighted by atomic mass is 16.5. The van der Waals surface area contributed by atoms with Gasteiger partial charge in [-0.15, -0.1) is 0 Å². The van der Waals surface area contributed by atoms with Crippen LogP contribution in [0, 0.1) is 0 Å². The van der Waals surface area contributed by atoms with E-state index in [1.165, 1.54) is 31.2 Å². The lowest BCUT2D eigenvalue weighted by atomic mass is 9.96. The molecule has 108 valence electrons. The fraction of sp³-hybridized carbons (Fsp3) is 0.500. The molecule has 4 heteroatoms. The van der Waals surface area contributed by atoms with E-state index in [0.717, 1.165) is 0 Å². The van der Waals surface area contributed by atoms with Crippen LogP contribution in [-0.2, 0) is 9.53 Å². The molecule has 0 saturated heterocycles. The van der Waals surface area contributed by atoms with Gasteiger partial charge in [0.2, 0.25) is 0 Å². The number of esters is 1. The first kappa shape index (κ1) is 14.6. The van der Waals surface area contributed by atoms with Crippen molar-refractivity contribution in [3.05, 3.63) is 35.4 Å². The third-order valence-corrected chi connectivity index (χ3v) is 3.70. The Morgan fingerprint density at radius 1 is 1.20 bits per heavy atom. The van der Waals surface area contributed by atoms with Gasteiger partial charge in [-0.2, -0.15) is 0 Å². The molecule has 0 heterocycles.